The summed E-state index contributed by atoms with van der Waals surface area (Å²) >= 11 is 0. The maximum atomic E-state index is 14.9. The molecule has 0 amide bonds. The molecule has 0 saturated carbocycles. The Kier molecular flexibility index (Phi) is 6.92. The summed E-state index contributed by atoms with van der Waals surface area (Å²) in [5, 5.41) is 21.4. The van der Waals surface area contributed by atoms with Crippen molar-refractivity contribution in [3.05, 3.63) is 71.4 Å². The molecule has 1 saturated heterocycles. The van der Waals surface area contributed by atoms with E-state index in [0.717, 1.165) is 25.5 Å². The van der Waals surface area contributed by atoms with Gasteiger partial charge in [-0.05, 0) is 25.1 Å². The van der Waals surface area contributed by atoms with Gasteiger partial charge in [0.15, 0.2) is 11.0 Å². The first-order chi connectivity index (χ1) is 17.0. The first kappa shape index (κ1) is 23.7. The zero-order valence-electron chi connectivity index (χ0n) is 18.7. The average molecular weight is 479 g/mol. The number of halogens is 1. The number of aromatic nitrogens is 4. The highest BCUT2D eigenvalue weighted by atomic mass is 19.1. The quantitative estimate of drug-likeness (QED) is 0.296. The fraction of sp³-hybridized carbons (Fsp3) is 0.217. The highest BCUT2D eigenvalue weighted by Gasteiger charge is 2.26. The molecule has 3 aromatic heterocycles. The standard InChI is InChI=1S/C23H21FN6O2.HNO2/c1-14-11-25-8-9-29(14)21-20-17(16-4-2-3-5-18(16)24)12-30(22(20)28-13-27-21)19-10-15(23(31)32)6-7-26-19;2-1-3/h2-7,10,12-14,25H,8-9,11H2,1H3,(H,31,32);(H,2,3)/t14-;/m0./s1. The van der Waals surface area contributed by atoms with Crippen LogP contribution >= 0.6 is 0 Å². The van der Waals surface area contributed by atoms with Crippen LogP contribution in [0.15, 0.2) is 60.5 Å². The first-order valence-corrected chi connectivity index (χ1v) is 10.7. The van der Waals surface area contributed by atoms with Gasteiger partial charge in [-0.2, -0.15) is 0 Å². The second-order valence-electron chi connectivity index (χ2n) is 7.82. The van der Waals surface area contributed by atoms with E-state index < -0.39 is 5.97 Å². The van der Waals surface area contributed by atoms with Crippen molar-refractivity contribution in [2.24, 2.45) is 5.34 Å². The molecule has 0 bridgehead atoms. The lowest BCUT2D eigenvalue weighted by molar-refractivity contribution is 0.0696. The van der Waals surface area contributed by atoms with E-state index >= 15 is 0 Å². The summed E-state index contributed by atoms with van der Waals surface area (Å²) in [6.07, 6.45) is 4.67. The summed E-state index contributed by atoms with van der Waals surface area (Å²) in [6.45, 7) is 4.48. The van der Waals surface area contributed by atoms with Gasteiger partial charge >= 0.3 is 5.97 Å². The molecule has 1 aliphatic rings. The van der Waals surface area contributed by atoms with E-state index in [9.17, 15) is 14.3 Å². The normalized spacial score (nSPS) is 15.4. The minimum absolute atomic E-state index is 0.106. The molecule has 12 heteroatoms. The van der Waals surface area contributed by atoms with E-state index in [-0.39, 0.29) is 17.4 Å². The lowest BCUT2D eigenvalue weighted by Gasteiger charge is -2.35. The number of carboxylic acid groups (broad SMARTS) is 1. The van der Waals surface area contributed by atoms with Crippen molar-refractivity contribution in [3.63, 3.8) is 0 Å². The minimum atomic E-state index is -1.05. The van der Waals surface area contributed by atoms with Gasteiger partial charge in [0.05, 0.1) is 10.9 Å². The summed E-state index contributed by atoms with van der Waals surface area (Å²) in [4.78, 5) is 35.2. The van der Waals surface area contributed by atoms with Crippen LogP contribution in [0, 0.1) is 10.7 Å². The van der Waals surface area contributed by atoms with E-state index in [1.807, 2.05) is 0 Å². The summed E-state index contributed by atoms with van der Waals surface area (Å²) < 4.78 is 16.6. The maximum Gasteiger partial charge on any atom is 0.335 e. The molecule has 1 atom stereocenters. The topological polar surface area (TPSA) is 146 Å². The Morgan fingerprint density at radius 1 is 1.20 bits per heavy atom. The smallest absolute Gasteiger partial charge is 0.335 e. The number of anilines is 1. The van der Waals surface area contributed by atoms with E-state index in [4.69, 9.17) is 10.1 Å². The summed E-state index contributed by atoms with van der Waals surface area (Å²) in [7, 11) is 0. The monoisotopic (exact) mass is 479 g/mol. The Labute approximate surface area is 198 Å². The van der Waals surface area contributed by atoms with Crippen LogP contribution in [0.3, 0.4) is 0 Å². The number of nitrogens with one attached hydrogen (secondary N) is 1. The number of hydrogen-bond donors (Lipinski definition) is 3. The highest BCUT2D eigenvalue weighted by molar-refractivity contribution is 6.02. The fourth-order valence-electron chi connectivity index (χ4n) is 4.16. The van der Waals surface area contributed by atoms with Crippen LogP contribution in [-0.2, 0) is 0 Å². The Morgan fingerprint density at radius 3 is 2.69 bits per heavy atom. The van der Waals surface area contributed by atoms with Crippen molar-refractivity contribution < 1.29 is 19.5 Å². The average Bonchev–Trinajstić information content (AvgIpc) is 3.25. The molecule has 0 aliphatic carbocycles. The van der Waals surface area contributed by atoms with Gasteiger partial charge < -0.3 is 20.5 Å². The lowest BCUT2D eigenvalue weighted by Crippen LogP contribution is -2.50. The van der Waals surface area contributed by atoms with Gasteiger partial charge in [-0.15, -0.1) is 4.91 Å². The molecule has 3 N–H and O–H groups in total. The molecule has 0 spiro atoms. The molecule has 1 aliphatic heterocycles. The van der Waals surface area contributed by atoms with Crippen molar-refractivity contribution in [2.75, 3.05) is 24.5 Å². The molecule has 0 unspecified atom stereocenters. The Balaban J connectivity index is 0.000000917. The molecule has 35 heavy (non-hydrogen) atoms. The predicted molar refractivity (Wildman–Crippen MR) is 126 cm³/mol. The molecule has 4 heterocycles. The zero-order chi connectivity index (χ0) is 24.9. The predicted octanol–water partition coefficient (Wildman–Crippen LogP) is 3.26. The third-order valence-electron chi connectivity index (χ3n) is 5.74. The lowest BCUT2D eigenvalue weighted by atomic mass is 10.0. The number of aromatic carboxylic acids is 1. The number of piperazine rings is 1. The molecular formula is C23H22FN7O4. The SMILES string of the molecule is C[C@H]1CNCCN1c1ncnc2c1c(-c1ccccc1F)cn2-c1cc(C(=O)O)ccn1.O=NO. The van der Waals surface area contributed by atoms with E-state index in [1.165, 1.54) is 36.1 Å². The van der Waals surface area contributed by atoms with Crippen LogP contribution in [0.4, 0.5) is 10.2 Å². The molecule has 0 radical (unpaired) electrons. The van der Waals surface area contributed by atoms with Gasteiger partial charge in [-0.1, -0.05) is 18.2 Å². The third-order valence-corrected chi connectivity index (χ3v) is 5.74. The molecular weight excluding hydrogens is 457 g/mol. The number of fused-ring (bicyclic) bond motifs is 1. The molecule has 180 valence electrons. The molecule has 1 fully saturated rings. The number of carbonyl (C=O) groups is 1. The number of pyridine rings is 1. The van der Waals surface area contributed by atoms with Crippen molar-refractivity contribution in [1.29, 1.82) is 0 Å². The zero-order valence-corrected chi connectivity index (χ0v) is 18.7. The van der Waals surface area contributed by atoms with Crippen LogP contribution < -0.4 is 10.2 Å². The van der Waals surface area contributed by atoms with Gasteiger partial charge in [0.1, 0.15) is 23.8 Å². The van der Waals surface area contributed by atoms with Crippen molar-refractivity contribution in [1.82, 2.24) is 24.8 Å². The molecule has 11 nitrogen and oxygen atoms in total. The summed E-state index contributed by atoms with van der Waals surface area (Å²) in [5.74, 6) is -0.308. The summed E-state index contributed by atoms with van der Waals surface area (Å²) in [5.41, 5.74) is 1.69. The molecule has 5 rings (SSSR count). The number of nitrogens with zero attached hydrogens (tertiary/aromatic N) is 6. The van der Waals surface area contributed by atoms with E-state index in [1.54, 1.807) is 29.0 Å². The number of rotatable bonds is 4. The van der Waals surface area contributed by atoms with Crippen LogP contribution in [0.1, 0.15) is 17.3 Å². The second-order valence-corrected chi connectivity index (χ2v) is 7.82. The molecule has 4 aromatic rings. The van der Waals surface area contributed by atoms with Crippen molar-refractivity contribution in [2.45, 2.75) is 13.0 Å². The van der Waals surface area contributed by atoms with Crippen LogP contribution in [0.5, 0.6) is 0 Å². The number of benzene rings is 1. The van der Waals surface area contributed by atoms with Crippen molar-refractivity contribution in [3.8, 4) is 16.9 Å². The van der Waals surface area contributed by atoms with Gasteiger partial charge in [0.2, 0.25) is 0 Å². The van der Waals surface area contributed by atoms with Gasteiger partial charge in [-0.25, -0.2) is 24.1 Å². The Bertz CT molecular complexity index is 1380. The van der Waals surface area contributed by atoms with Gasteiger partial charge in [0.25, 0.3) is 0 Å². The van der Waals surface area contributed by atoms with Crippen LogP contribution in [0.2, 0.25) is 0 Å². The van der Waals surface area contributed by atoms with E-state index in [2.05, 4.69) is 32.1 Å². The highest BCUT2D eigenvalue weighted by Crippen LogP contribution is 2.38. The van der Waals surface area contributed by atoms with Crippen LogP contribution in [0.25, 0.3) is 28.0 Å². The fourth-order valence-corrected chi connectivity index (χ4v) is 4.16. The Hall–Kier alpha value is -4.45. The molecule has 1 aromatic carbocycles. The van der Waals surface area contributed by atoms with Gasteiger partial charge in [0, 0.05) is 49.2 Å². The maximum absolute atomic E-state index is 14.9. The number of hydrogen-bond acceptors (Lipinski definition) is 8. The van der Waals surface area contributed by atoms with E-state index in [0.29, 0.717) is 28.0 Å². The minimum Gasteiger partial charge on any atom is -0.478 e. The van der Waals surface area contributed by atoms with Crippen molar-refractivity contribution >= 4 is 22.8 Å². The summed E-state index contributed by atoms with van der Waals surface area (Å²) in [6, 6.07) is 9.65. The first-order valence-electron chi connectivity index (χ1n) is 10.7. The third kappa shape index (κ3) is 4.64. The second kappa shape index (κ2) is 10.2. The largest absolute Gasteiger partial charge is 0.478 e. The number of carboxylic acids is 1. The Morgan fingerprint density at radius 2 is 1.97 bits per heavy atom. The van der Waals surface area contributed by atoms with Gasteiger partial charge in [-0.3, -0.25) is 4.57 Å². The van der Waals surface area contributed by atoms with Crippen LogP contribution in [-0.4, -0.2) is 61.5 Å².